The average Bonchev–Trinajstić information content (AvgIpc) is 2.54. The molecule has 0 bridgehead atoms. The van der Waals surface area contributed by atoms with E-state index in [9.17, 15) is 15.0 Å². The van der Waals surface area contributed by atoms with Crippen LogP contribution >= 0.6 is 0 Å². The lowest BCUT2D eigenvalue weighted by atomic mass is 9.97. The van der Waals surface area contributed by atoms with Gasteiger partial charge in [-0.1, -0.05) is 20.8 Å². The molecule has 0 radical (unpaired) electrons. The molecule has 0 saturated carbocycles. The van der Waals surface area contributed by atoms with E-state index < -0.39 is 20.5 Å². The quantitative estimate of drug-likeness (QED) is 0.750. The molecule has 20 heavy (non-hydrogen) atoms. The summed E-state index contributed by atoms with van der Waals surface area (Å²) in [5, 5.41) is 20.0. The molecule has 116 valence electrons. The molecule has 0 aliphatic carbocycles. The highest BCUT2D eigenvalue weighted by Gasteiger charge is 2.53. The third-order valence-corrected chi connectivity index (χ3v) is 9.59. The van der Waals surface area contributed by atoms with Crippen molar-refractivity contribution in [3.63, 3.8) is 0 Å². The molecule has 2 saturated heterocycles. The smallest absolute Gasteiger partial charge is 0.254 e. The van der Waals surface area contributed by atoms with E-state index in [4.69, 9.17) is 4.43 Å². The standard InChI is InChI=1S/C14H27NO4Si/c1-14(2,3)20(4,5)19-9-7-6-8-15-10(9)11(16)12(17)13(15)18/h9-12,16-17H,6-8H2,1-5H3/t9-,10-,11-,12-/m0/s1. The van der Waals surface area contributed by atoms with Gasteiger partial charge in [-0.3, -0.25) is 4.79 Å². The molecule has 2 heterocycles. The highest BCUT2D eigenvalue weighted by molar-refractivity contribution is 6.74. The molecule has 2 rings (SSSR count). The second kappa shape index (κ2) is 5.09. The molecular weight excluding hydrogens is 274 g/mol. The van der Waals surface area contributed by atoms with Crippen molar-refractivity contribution in [3.8, 4) is 0 Å². The van der Waals surface area contributed by atoms with Gasteiger partial charge in [0.15, 0.2) is 14.4 Å². The number of carbonyl (C=O) groups excluding carboxylic acids is 1. The third-order valence-electron chi connectivity index (χ3n) is 5.09. The number of hydrogen-bond donors (Lipinski definition) is 2. The van der Waals surface area contributed by atoms with Gasteiger partial charge in [0.05, 0.1) is 12.1 Å². The maximum Gasteiger partial charge on any atom is 0.254 e. The fraction of sp³-hybridized carbons (Fsp3) is 0.929. The topological polar surface area (TPSA) is 70.0 Å². The number of carbonyl (C=O) groups is 1. The first-order valence-corrected chi connectivity index (χ1v) is 10.3. The molecule has 0 unspecified atom stereocenters. The van der Waals surface area contributed by atoms with Crippen molar-refractivity contribution in [1.29, 1.82) is 0 Å². The van der Waals surface area contributed by atoms with Crippen LogP contribution in [0.1, 0.15) is 33.6 Å². The first kappa shape index (κ1) is 15.9. The lowest BCUT2D eigenvalue weighted by molar-refractivity contribution is -0.137. The van der Waals surface area contributed by atoms with Crippen LogP contribution < -0.4 is 0 Å². The minimum absolute atomic E-state index is 0.0848. The molecule has 2 N–H and O–H groups in total. The van der Waals surface area contributed by atoms with Crippen molar-refractivity contribution in [2.75, 3.05) is 6.54 Å². The van der Waals surface area contributed by atoms with E-state index in [1.54, 1.807) is 4.90 Å². The number of aliphatic hydroxyl groups excluding tert-OH is 2. The second-order valence-electron chi connectivity index (χ2n) is 7.52. The van der Waals surface area contributed by atoms with Gasteiger partial charge in [-0.15, -0.1) is 0 Å². The molecule has 0 spiro atoms. The van der Waals surface area contributed by atoms with Gasteiger partial charge in [0.2, 0.25) is 0 Å². The monoisotopic (exact) mass is 301 g/mol. The van der Waals surface area contributed by atoms with Crippen molar-refractivity contribution in [2.24, 2.45) is 0 Å². The lowest BCUT2D eigenvalue weighted by Crippen LogP contribution is -2.55. The highest BCUT2D eigenvalue weighted by Crippen LogP contribution is 2.40. The minimum Gasteiger partial charge on any atom is -0.412 e. The van der Waals surface area contributed by atoms with Crippen molar-refractivity contribution in [1.82, 2.24) is 4.90 Å². The molecule has 2 fully saturated rings. The number of nitrogens with zero attached hydrogens (tertiary/aromatic N) is 1. The zero-order valence-electron chi connectivity index (χ0n) is 13.1. The first-order chi connectivity index (χ1) is 9.06. The zero-order chi connectivity index (χ0) is 15.3. The molecule has 6 heteroatoms. The minimum atomic E-state index is -1.96. The predicted octanol–water partition coefficient (Wildman–Crippen LogP) is 1.10. The highest BCUT2D eigenvalue weighted by atomic mass is 28.4. The summed E-state index contributed by atoms with van der Waals surface area (Å²) < 4.78 is 6.40. The van der Waals surface area contributed by atoms with Crippen molar-refractivity contribution < 1.29 is 19.4 Å². The zero-order valence-corrected chi connectivity index (χ0v) is 14.1. The Morgan fingerprint density at radius 2 is 1.90 bits per heavy atom. The van der Waals surface area contributed by atoms with E-state index in [0.29, 0.717) is 6.54 Å². The number of aliphatic hydroxyl groups is 2. The molecule has 2 aliphatic heterocycles. The molecular formula is C14H27NO4Si. The second-order valence-corrected chi connectivity index (χ2v) is 12.3. The summed E-state index contributed by atoms with van der Waals surface area (Å²) in [6.07, 6.45) is -0.784. The lowest BCUT2D eigenvalue weighted by Gasteiger charge is -2.45. The Labute approximate surface area is 122 Å². The Bertz CT molecular complexity index is 393. The van der Waals surface area contributed by atoms with Crippen LogP contribution in [-0.4, -0.2) is 60.2 Å². The van der Waals surface area contributed by atoms with E-state index in [1.165, 1.54) is 0 Å². The van der Waals surface area contributed by atoms with E-state index >= 15 is 0 Å². The van der Waals surface area contributed by atoms with Gasteiger partial charge in [-0.2, -0.15) is 0 Å². The average molecular weight is 301 g/mol. The summed E-state index contributed by atoms with van der Waals surface area (Å²) in [4.78, 5) is 13.5. The number of hydrogen-bond acceptors (Lipinski definition) is 4. The van der Waals surface area contributed by atoms with E-state index in [0.717, 1.165) is 12.8 Å². The van der Waals surface area contributed by atoms with Crippen LogP contribution in [0.25, 0.3) is 0 Å². The van der Waals surface area contributed by atoms with E-state index in [1.807, 2.05) is 0 Å². The molecule has 0 aromatic rings. The number of amides is 1. The van der Waals surface area contributed by atoms with Gasteiger partial charge in [-0.05, 0) is 31.0 Å². The van der Waals surface area contributed by atoms with E-state index in [2.05, 4.69) is 33.9 Å². The van der Waals surface area contributed by atoms with Crippen LogP contribution in [0.3, 0.4) is 0 Å². The molecule has 5 nitrogen and oxygen atoms in total. The number of rotatable bonds is 2. The fourth-order valence-corrected chi connectivity index (χ4v) is 4.20. The Kier molecular flexibility index (Phi) is 4.05. The van der Waals surface area contributed by atoms with Gasteiger partial charge < -0.3 is 19.5 Å². The maximum absolute atomic E-state index is 11.9. The summed E-state index contributed by atoms with van der Waals surface area (Å²) >= 11 is 0. The third kappa shape index (κ3) is 2.54. The van der Waals surface area contributed by atoms with Gasteiger partial charge in [0, 0.05) is 6.54 Å². The van der Waals surface area contributed by atoms with Gasteiger partial charge >= 0.3 is 0 Å². The first-order valence-electron chi connectivity index (χ1n) is 7.41. The Balaban J connectivity index is 2.19. The van der Waals surface area contributed by atoms with Crippen molar-refractivity contribution >= 4 is 14.2 Å². The molecule has 2 aliphatic rings. The summed E-state index contributed by atoms with van der Waals surface area (Å²) in [5.41, 5.74) is 0. The van der Waals surface area contributed by atoms with Crippen molar-refractivity contribution in [3.05, 3.63) is 0 Å². The number of fused-ring (bicyclic) bond motifs is 1. The van der Waals surface area contributed by atoms with Crippen LogP contribution in [0.4, 0.5) is 0 Å². The number of piperidine rings is 1. The maximum atomic E-state index is 11.9. The van der Waals surface area contributed by atoms with Crippen LogP contribution in [-0.2, 0) is 9.22 Å². The Morgan fingerprint density at radius 1 is 1.30 bits per heavy atom. The summed E-state index contributed by atoms with van der Waals surface area (Å²) in [6.45, 7) is 11.5. The summed E-state index contributed by atoms with van der Waals surface area (Å²) in [7, 11) is -1.96. The predicted molar refractivity (Wildman–Crippen MR) is 78.8 cm³/mol. The SMILES string of the molecule is CC(C)(C)[Si](C)(C)O[C@H]1CCCN2C(=O)[C@@H](O)[C@@H](O)[C@H]12. The Morgan fingerprint density at radius 3 is 2.45 bits per heavy atom. The van der Waals surface area contributed by atoms with Crippen LogP contribution in [0.2, 0.25) is 18.1 Å². The largest absolute Gasteiger partial charge is 0.412 e. The van der Waals surface area contributed by atoms with Gasteiger partial charge in [0.1, 0.15) is 6.10 Å². The molecule has 1 amide bonds. The van der Waals surface area contributed by atoms with Gasteiger partial charge in [-0.25, -0.2) is 0 Å². The van der Waals surface area contributed by atoms with Gasteiger partial charge in [0.25, 0.3) is 5.91 Å². The van der Waals surface area contributed by atoms with E-state index in [-0.39, 0.29) is 23.1 Å². The molecule has 0 aromatic heterocycles. The Hall–Kier alpha value is -0.433. The van der Waals surface area contributed by atoms with Crippen LogP contribution in [0.5, 0.6) is 0 Å². The normalized spacial score (nSPS) is 35.4. The molecule has 0 aromatic carbocycles. The van der Waals surface area contributed by atoms with Crippen LogP contribution in [0.15, 0.2) is 0 Å². The summed E-state index contributed by atoms with van der Waals surface area (Å²) in [6, 6.07) is -0.389. The van der Waals surface area contributed by atoms with Crippen molar-refractivity contribution in [2.45, 2.75) is 76.1 Å². The summed E-state index contributed by atoms with van der Waals surface area (Å²) in [5.74, 6) is -0.356. The van der Waals surface area contributed by atoms with Crippen LogP contribution in [0, 0.1) is 0 Å². The molecule has 4 atom stereocenters. The fourth-order valence-electron chi connectivity index (χ4n) is 2.83.